The molecule has 15 aromatic rings. The van der Waals surface area contributed by atoms with E-state index in [4.69, 9.17) is 75.3 Å². The van der Waals surface area contributed by atoms with Gasteiger partial charge in [-0.3, -0.25) is 0 Å². The highest BCUT2D eigenvalue weighted by molar-refractivity contribution is 9.09. The van der Waals surface area contributed by atoms with Crippen LogP contribution in [0.1, 0.15) is 142 Å². The Kier molecular flexibility index (Phi) is 43.1. The van der Waals surface area contributed by atoms with Crippen LogP contribution in [0.5, 0.6) is 80.5 Å². The second-order valence-corrected chi connectivity index (χ2v) is 43.8. The molecule has 146 heavy (non-hydrogen) atoms. The fraction of sp³-hybridized carbons (Fsp3) is 0.268. The molecule has 1 aliphatic rings. The molecular formula is C123H126BrCl2F7O12Si. The fourth-order valence-corrected chi connectivity index (χ4v) is 19.0. The van der Waals surface area contributed by atoms with Gasteiger partial charge in [0, 0.05) is 36.8 Å². The Balaban J connectivity index is 0.000000162. The quantitative estimate of drug-likeness (QED) is 0.0206. The van der Waals surface area contributed by atoms with Crippen LogP contribution < -0.4 is 47.8 Å². The number of halogens is 10. The molecule has 12 nitrogen and oxygen atoms in total. The van der Waals surface area contributed by atoms with Gasteiger partial charge in [-0.15, -0.1) is 0 Å². The third kappa shape index (κ3) is 38.2. The Hall–Kier alpha value is -12.8. The first kappa shape index (κ1) is 112. The zero-order valence-corrected chi connectivity index (χ0v) is 87.8. The molecule has 0 N–H and O–H groups in total. The van der Waals surface area contributed by atoms with Gasteiger partial charge in [0.05, 0.1) is 67.5 Å². The lowest BCUT2D eigenvalue weighted by atomic mass is 9.85. The second-order valence-electron chi connectivity index (χ2n) is 37.2. The molecule has 0 bridgehead atoms. The van der Waals surface area contributed by atoms with E-state index in [0.29, 0.717) is 97.2 Å². The van der Waals surface area contributed by atoms with E-state index in [-0.39, 0.29) is 46.1 Å². The van der Waals surface area contributed by atoms with Crippen molar-refractivity contribution >= 4 is 52.4 Å². The third-order valence-corrected chi connectivity index (χ3v) is 28.3. The van der Waals surface area contributed by atoms with Gasteiger partial charge in [-0.25, -0.2) is 8.78 Å². The van der Waals surface area contributed by atoms with Crippen LogP contribution in [0.2, 0.25) is 29.2 Å². The van der Waals surface area contributed by atoms with Crippen LogP contribution in [0.25, 0.3) is 0 Å². The lowest BCUT2D eigenvalue weighted by molar-refractivity contribution is -0.163. The zero-order chi connectivity index (χ0) is 104. The molecule has 0 aliphatic heterocycles. The van der Waals surface area contributed by atoms with E-state index in [1.54, 1.807) is 60.7 Å². The molecule has 0 saturated heterocycles. The smallest absolute Gasteiger partial charge is 0.459 e. The topological polar surface area (TPSA) is 111 Å². The molecule has 16 rings (SSSR count). The summed E-state index contributed by atoms with van der Waals surface area (Å²) in [6, 6.07) is 117. The van der Waals surface area contributed by atoms with Gasteiger partial charge in [0.25, 0.3) is 0 Å². The maximum atomic E-state index is 14.1. The molecule has 764 valence electrons. The molecule has 1 fully saturated rings. The summed E-state index contributed by atoms with van der Waals surface area (Å²) in [4.78, 5) is 0. The molecule has 0 radical (unpaired) electrons. The summed E-state index contributed by atoms with van der Waals surface area (Å²) < 4.78 is 162. The Bertz CT molecular complexity index is 6380. The number of ether oxygens (including phenoxy) is 12. The molecule has 0 heterocycles. The molecule has 1 saturated carbocycles. The SMILES string of the molecule is CC(C)(COCc1cccc(Oc2ccccc2)c1)c1ccc(OC(F)(F)Br)cc1.CCOc1ccc(C(C)(C)COCc2cccc(Oc3ccccc3)c2)cc1.CCOc1ccc(C(COCc2cccc(Oc3ccc(Cl)cc3)c2)C(F)(F)F)cc1.CCOc1ccc([Si](C)(C)CCCc2ccc(F)c(Oc3ccccc3)c2)cc1.Fc1ccc(CCCC(c2ccc(Cl)cc2)C2CC2)cc1Oc1ccccc1. The van der Waals surface area contributed by atoms with Gasteiger partial charge in [0.15, 0.2) is 23.1 Å². The summed E-state index contributed by atoms with van der Waals surface area (Å²) in [6.45, 7) is 22.5. The summed E-state index contributed by atoms with van der Waals surface area (Å²) in [5, 5.41) is -0.559. The van der Waals surface area contributed by atoms with E-state index in [0.717, 1.165) is 105 Å². The Morgan fingerprint density at radius 3 is 1.08 bits per heavy atom. The zero-order valence-electron chi connectivity index (χ0n) is 83.7. The highest BCUT2D eigenvalue weighted by Crippen LogP contribution is 2.46. The van der Waals surface area contributed by atoms with Crippen molar-refractivity contribution in [2.75, 3.05) is 39.6 Å². The van der Waals surface area contributed by atoms with E-state index < -0.39 is 31.8 Å². The predicted molar refractivity (Wildman–Crippen MR) is 577 cm³/mol. The minimum Gasteiger partial charge on any atom is -0.494 e. The van der Waals surface area contributed by atoms with Crippen molar-refractivity contribution in [3.63, 3.8) is 0 Å². The molecule has 15 aromatic carbocycles. The Morgan fingerprint density at radius 1 is 0.349 bits per heavy atom. The number of aryl methyl sites for hydroxylation is 2. The minimum atomic E-state index is -4.42. The van der Waals surface area contributed by atoms with Gasteiger partial charge >= 0.3 is 11.2 Å². The molecule has 23 heteroatoms. The van der Waals surface area contributed by atoms with E-state index in [2.05, 4.69) is 102 Å². The number of rotatable bonds is 44. The average Bonchev–Trinajstić information content (AvgIpc) is 1.72. The summed E-state index contributed by atoms with van der Waals surface area (Å²) >= 11 is 14.1. The molecule has 2 unspecified atom stereocenters. The molecule has 2 atom stereocenters. The van der Waals surface area contributed by atoms with Crippen molar-refractivity contribution in [2.24, 2.45) is 5.92 Å². The van der Waals surface area contributed by atoms with Crippen molar-refractivity contribution in [1.29, 1.82) is 0 Å². The molecule has 0 amide bonds. The predicted octanol–water partition coefficient (Wildman–Crippen LogP) is 35.4. The molecule has 1 aliphatic carbocycles. The van der Waals surface area contributed by atoms with Crippen LogP contribution in [0.3, 0.4) is 0 Å². The maximum absolute atomic E-state index is 14.1. The largest absolute Gasteiger partial charge is 0.494 e. The van der Waals surface area contributed by atoms with Crippen molar-refractivity contribution < 1.29 is 87.6 Å². The van der Waals surface area contributed by atoms with Crippen LogP contribution >= 0.6 is 39.1 Å². The lowest BCUT2D eigenvalue weighted by Crippen LogP contribution is -2.41. The van der Waals surface area contributed by atoms with E-state index >= 15 is 0 Å². The molecule has 0 aromatic heterocycles. The van der Waals surface area contributed by atoms with Gasteiger partial charge in [-0.1, -0.05) is 264 Å². The summed E-state index contributed by atoms with van der Waals surface area (Å²) in [7, 11) is -1.53. The molecular weight excluding hydrogens is 1980 g/mol. The Labute approximate surface area is 874 Å². The van der Waals surface area contributed by atoms with Crippen molar-refractivity contribution in [1.82, 2.24) is 0 Å². The fourth-order valence-electron chi connectivity index (χ4n) is 16.2. The van der Waals surface area contributed by atoms with Gasteiger partial charge in [-0.2, -0.15) is 22.0 Å². The number of alkyl halides is 6. The minimum absolute atomic E-state index is 0.0292. The maximum Gasteiger partial charge on any atom is 0.459 e. The summed E-state index contributed by atoms with van der Waals surface area (Å²) in [6.07, 6.45) is 3.33. The van der Waals surface area contributed by atoms with Crippen molar-refractivity contribution in [3.05, 3.63) is 448 Å². The number of para-hydroxylation sites is 4. The average molecular weight is 2110 g/mol. The highest BCUT2D eigenvalue weighted by atomic mass is 79.9. The van der Waals surface area contributed by atoms with E-state index in [9.17, 15) is 30.7 Å². The summed E-state index contributed by atoms with van der Waals surface area (Å²) in [5.41, 5.74) is 8.36. The van der Waals surface area contributed by atoms with Crippen LogP contribution in [0, 0.1) is 17.6 Å². The monoisotopic (exact) mass is 2100 g/mol. The first-order chi connectivity index (χ1) is 70.3. The van der Waals surface area contributed by atoms with Crippen LogP contribution in [-0.2, 0) is 57.7 Å². The standard InChI is InChI=1S/C25H24ClFO.C25H29FO2Si.C25H28O3.C24H23BrF2O3.C24H22ClF3O3/c26-21-14-12-20(13-15-21)23(19-10-11-19)8-4-5-18-9-16-24(27)25(17-18)28-22-6-2-1-3-7-22;1-4-27-21-13-15-23(16-14-21)29(2,3)18-8-9-20-12-17-24(26)25(19-20)28-22-10-6-5-7-11-22;1-4-27-22-15-13-21(14-16-22)25(2,3)19-26-18-20-9-8-12-24(17-20)28-23-10-6-5-7-11-23;1-23(2,19-11-13-21(14-12-19)30-24(25,26)27)17-28-16-18-7-6-10-22(15-18)29-20-8-4-3-5-9-20;1-2-30-20-10-6-18(7-11-20)23(24(26,27)28)16-29-15-17-4-3-5-22(14-17)31-21-12-8-19(25)9-13-21/h1-3,6-7,9,12-17,19,23H,4-5,8,10-11H2;5-7,10-17,19H,4,8-9,18H2,1-3H3;5-17H,4,18-19H2,1-3H3;3-15H,16-17H2,1-2H3;3-14,23H,2,15-16H2,1H3. The van der Waals surface area contributed by atoms with Crippen molar-refractivity contribution in [2.45, 2.75) is 166 Å². The molecule has 0 spiro atoms. The van der Waals surface area contributed by atoms with Crippen LogP contribution in [0.4, 0.5) is 30.7 Å². The van der Waals surface area contributed by atoms with Gasteiger partial charge in [-0.05, 0) is 315 Å². The normalized spacial score (nSPS) is 12.3. The van der Waals surface area contributed by atoms with Crippen LogP contribution in [0.15, 0.2) is 376 Å². The summed E-state index contributed by atoms with van der Waals surface area (Å²) in [5.74, 6) is 7.68. The van der Waals surface area contributed by atoms with Gasteiger partial charge < -0.3 is 56.8 Å². The van der Waals surface area contributed by atoms with E-state index in [1.165, 1.54) is 83.7 Å². The first-order valence-electron chi connectivity index (χ1n) is 49.1. The number of hydrogen-bond acceptors (Lipinski definition) is 12. The van der Waals surface area contributed by atoms with Crippen molar-refractivity contribution in [3.8, 4) is 80.5 Å². The Morgan fingerprint density at radius 2 is 0.692 bits per heavy atom. The highest BCUT2D eigenvalue weighted by Gasteiger charge is 2.41. The second kappa shape index (κ2) is 56.2. The van der Waals surface area contributed by atoms with Gasteiger partial charge in [0.2, 0.25) is 0 Å². The number of benzene rings is 15. The first-order valence-corrected chi connectivity index (χ1v) is 53.8. The van der Waals surface area contributed by atoms with Crippen LogP contribution in [-0.4, -0.2) is 58.9 Å². The number of hydrogen-bond donors (Lipinski definition) is 0. The lowest BCUT2D eigenvalue weighted by Gasteiger charge is -2.25. The third-order valence-electron chi connectivity index (χ3n) is 24.1. The van der Waals surface area contributed by atoms with Gasteiger partial charge in [0.1, 0.15) is 74.9 Å². The van der Waals surface area contributed by atoms with E-state index in [1.807, 2.05) is 247 Å².